The molecule has 2 aromatic heterocycles. The van der Waals surface area contributed by atoms with E-state index in [2.05, 4.69) is 14.6 Å². The highest BCUT2D eigenvalue weighted by Gasteiger charge is 2.31. The van der Waals surface area contributed by atoms with E-state index in [0.29, 0.717) is 48.3 Å². The molecule has 31 heavy (non-hydrogen) atoms. The van der Waals surface area contributed by atoms with Gasteiger partial charge in [-0.05, 0) is 35.6 Å². The Morgan fingerprint density at radius 1 is 1.32 bits per heavy atom. The Labute approximate surface area is 183 Å². The Morgan fingerprint density at radius 3 is 2.81 bits per heavy atom. The van der Waals surface area contributed by atoms with E-state index in [9.17, 15) is 9.18 Å². The molecule has 10 heteroatoms. The molecule has 1 aliphatic rings. The number of carbonyl (C=O) groups is 1. The van der Waals surface area contributed by atoms with Gasteiger partial charge in [-0.2, -0.15) is 0 Å². The Bertz CT molecular complexity index is 1070. The summed E-state index contributed by atoms with van der Waals surface area (Å²) in [6.45, 7) is 3.16. The second-order valence-corrected chi connectivity index (χ2v) is 8.14. The van der Waals surface area contributed by atoms with Gasteiger partial charge in [0.15, 0.2) is 0 Å². The number of aryl methyl sites for hydroxylation is 1. The van der Waals surface area contributed by atoms with Crippen LogP contribution in [0.5, 0.6) is 0 Å². The summed E-state index contributed by atoms with van der Waals surface area (Å²) in [6, 6.07) is 6.18. The van der Waals surface area contributed by atoms with Crippen molar-refractivity contribution < 1.29 is 13.9 Å². The summed E-state index contributed by atoms with van der Waals surface area (Å²) < 4.78 is 23.4. The van der Waals surface area contributed by atoms with E-state index in [1.807, 2.05) is 21.0 Å². The number of morpholine rings is 1. The molecule has 0 unspecified atom stereocenters. The van der Waals surface area contributed by atoms with Crippen molar-refractivity contribution in [1.82, 2.24) is 24.5 Å². The first-order valence-corrected chi connectivity index (χ1v) is 10.8. The Hall–Kier alpha value is -2.98. The topological polar surface area (TPSA) is 84.3 Å². The molecule has 1 saturated heterocycles. The number of anilines is 1. The molecule has 0 radical (unpaired) electrons. The van der Waals surface area contributed by atoms with Gasteiger partial charge in [-0.25, -0.2) is 14.4 Å². The average molecular weight is 443 g/mol. The lowest BCUT2D eigenvalue weighted by molar-refractivity contribution is -0.0243. The number of halogens is 1. The summed E-state index contributed by atoms with van der Waals surface area (Å²) in [7, 11) is 3.72. The second-order valence-electron chi connectivity index (χ2n) is 7.38. The largest absolute Gasteiger partial charge is 0.368 e. The van der Waals surface area contributed by atoms with E-state index in [-0.39, 0.29) is 11.7 Å². The molecule has 4 rings (SSSR count). The van der Waals surface area contributed by atoms with Crippen molar-refractivity contribution in [2.24, 2.45) is 0 Å². The monoisotopic (exact) mass is 442 g/mol. The highest BCUT2D eigenvalue weighted by molar-refractivity contribution is 7.08. The summed E-state index contributed by atoms with van der Waals surface area (Å²) in [6.07, 6.45) is 1.93. The van der Waals surface area contributed by atoms with Gasteiger partial charge in [0.05, 0.1) is 24.5 Å². The standard InChI is InChI=1S/C21H23FN6O2S/c1-4-16-19(31-26-25-16)20(29)28-9-10-30-17(12-28)18-15(11-23-21(24-18)27(2)3)13-5-7-14(22)8-6-13/h5-8,11,17H,4,9-10,12H2,1-3H3/t17-/m0/s1. The maximum absolute atomic E-state index is 13.4. The molecule has 8 nitrogen and oxygen atoms in total. The van der Waals surface area contributed by atoms with E-state index in [1.54, 1.807) is 28.1 Å². The summed E-state index contributed by atoms with van der Waals surface area (Å²) >= 11 is 1.12. The van der Waals surface area contributed by atoms with Gasteiger partial charge in [-0.15, -0.1) is 5.10 Å². The molecule has 3 heterocycles. The van der Waals surface area contributed by atoms with E-state index in [0.717, 1.165) is 22.7 Å². The molecule has 162 valence electrons. The van der Waals surface area contributed by atoms with Crippen molar-refractivity contribution in [3.8, 4) is 11.1 Å². The predicted molar refractivity (Wildman–Crippen MR) is 116 cm³/mol. The van der Waals surface area contributed by atoms with Gasteiger partial charge >= 0.3 is 0 Å². The zero-order valence-corrected chi connectivity index (χ0v) is 18.4. The van der Waals surface area contributed by atoms with E-state index in [1.165, 1.54) is 12.1 Å². The van der Waals surface area contributed by atoms with Gasteiger partial charge in [0.25, 0.3) is 5.91 Å². The average Bonchev–Trinajstić information content (AvgIpc) is 3.28. The van der Waals surface area contributed by atoms with Crippen molar-refractivity contribution in [2.45, 2.75) is 19.4 Å². The van der Waals surface area contributed by atoms with E-state index < -0.39 is 6.10 Å². The van der Waals surface area contributed by atoms with Crippen LogP contribution in [0.1, 0.15) is 34.1 Å². The summed E-state index contributed by atoms with van der Waals surface area (Å²) in [5.41, 5.74) is 2.91. The number of ether oxygens (including phenoxy) is 1. The number of carbonyl (C=O) groups excluding carboxylic acids is 1. The van der Waals surface area contributed by atoms with Crippen LogP contribution < -0.4 is 4.90 Å². The number of aromatic nitrogens is 4. The molecule has 1 aromatic carbocycles. The molecule has 3 aromatic rings. The zero-order chi connectivity index (χ0) is 22.0. The zero-order valence-electron chi connectivity index (χ0n) is 17.6. The van der Waals surface area contributed by atoms with Gasteiger partial charge in [0, 0.05) is 32.4 Å². The number of rotatable bonds is 5. The molecule has 1 atom stereocenters. The fourth-order valence-electron chi connectivity index (χ4n) is 3.44. The van der Waals surface area contributed by atoms with Crippen LogP contribution in [0.2, 0.25) is 0 Å². The van der Waals surface area contributed by atoms with Gasteiger partial charge in [-0.3, -0.25) is 4.79 Å². The van der Waals surface area contributed by atoms with Gasteiger partial charge in [0.2, 0.25) is 5.95 Å². The first-order valence-electron chi connectivity index (χ1n) is 10.00. The highest BCUT2D eigenvalue weighted by atomic mass is 32.1. The minimum Gasteiger partial charge on any atom is -0.368 e. The number of benzene rings is 1. The van der Waals surface area contributed by atoms with Crippen molar-refractivity contribution >= 4 is 23.4 Å². The number of hydrogen-bond acceptors (Lipinski definition) is 8. The smallest absolute Gasteiger partial charge is 0.267 e. The van der Waals surface area contributed by atoms with Crippen molar-refractivity contribution in [1.29, 1.82) is 0 Å². The van der Waals surface area contributed by atoms with Crippen LogP contribution >= 0.6 is 11.5 Å². The number of nitrogens with zero attached hydrogens (tertiary/aromatic N) is 6. The van der Waals surface area contributed by atoms with Crippen molar-refractivity contribution in [3.63, 3.8) is 0 Å². The van der Waals surface area contributed by atoms with E-state index in [4.69, 9.17) is 9.72 Å². The predicted octanol–water partition coefficient (Wildman–Crippen LogP) is 2.98. The summed E-state index contributed by atoms with van der Waals surface area (Å²) in [5.74, 6) is 0.130. The first-order chi connectivity index (χ1) is 15.0. The molecule has 0 spiro atoms. The van der Waals surface area contributed by atoms with Crippen LogP contribution in [-0.2, 0) is 11.2 Å². The lowest BCUT2D eigenvalue weighted by Crippen LogP contribution is -2.42. The van der Waals surface area contributed by atoms with Crippen LogP contribution in [0, 0.1) is 5.82 Å². The van der Waals surface area contributed by atoms with Gasteiger partial charge in [0.1, 0.15) is 16.8 Å². The number of hydrogen-bond donors (Lipinski definition) is 0. The van der Waals surface area contributed by atoms with Crippen LogP contribution in [0.4, 0.5) is 10.3 Å². The molecule has 1 fully saturated rings. The fraction of sp³-hybridized carbons (Fsp3) is 0.381. The Kier molecular flexibility index (Phi) is 6.19. The molecular formula is C21H23FN6O2S. The molecule has 1 amide bonds. The van der Waals surface area contributed by atoms with Crippen LogP contribution in [0.25, 0.3) is 11.1 Å². The normalized spacial score (nSPS) is 16.4. The van der Waals surface area contributed by atoms with Crippen LogP contribution in [-0.4, -0.2) is 64.2 Å². The lowest BCUT2D eigenvalue weighted by atomic mass is 10.0. The molecule has 0 N–H and O–H groups in total. The summed E-state index contributed by atoms with van der Waals surface area (Å²) in [5, 5.41) is 4.05. The van der Waals surface area contributed by atoms with Crippen LogP contribution in [0.15, 0.2) is 30.5 Å². The maximum atomic E-state index is 13.4. The molecule has 0 aliphatic carbocycles. The fourth-order valence-corrected chi connectivity index (χ4v) is 4.16. The maximum Gasteiger partial charge on any atom is 0.267 e. The minimum atomic E-state index is -0.439. The lowest BCUT2D eigenvalue weighted by Gasteiger charge is -2.33. The quantitative estimate of drug-likeness (QED) is 0.601. The SMILES string of the molecule is CCc1nnsc1C(=O)N1CCO[C@H](c2nc(N(C)C)ncc2-c2ccc(F)cc2)C1. The molecule has 1 aliphatic heterocycles. The second kappa shape index (κ2) is 9.03. The summed E-state index contributed by atoms with van der Waals surface area (Å²) in [4.78, 5) is 26.4. The third kappa shape index (κ3) is 4.40. The first kappa shape index (κ1) is 21.3. The Balaban J connectivity index is 1.68. The Morgan fingerprint density at radius 2 is 2.10 bits per heavy atom. The van der Waals surface area contributed by atoms with Crippen LogP contribution in [0.3, 0.4) is 0 Å². The van der Waals surface area contributed by atoms with Gasteiger partial charge in [-0.1, -0.05) is 23.5 Å². The van der Waals surface area contributed by atoms with Crippen molar-refractivity contribution in [2.75, 3.05) is 38.7 Å². The molecule has 0 bridgehead atoms. The van der Waals surface area contributed by atoms with Gasteiger partial charge < -0.3 is 14.5 Å². The van der Waals surface area contributed by atoms with E-state index >= 15 is 0 Å². The molecule has 0 saturated carbocycles. The number of amides is 1. The third-order valence-electron chi connectivity index (χ3n) is 5.10. The minimum absolute atomic E-state index is 0.0922. The highest BCUT2D eigenvalue weighted by Crippen LogP contribution is 2.32. The van der Waals surface area contributed by atoms with Crippen molar-refractivity contribution in [3.05, 3.63) is 52.5 Å². The molecular weight excluding hydrogens is 419 g/mol. The third-order valence-corrected chi connectivity index (χ3v) is 5.86.